The summed E-state index contributed by atoms with van der Waals surface area (Å²) < 4.78 is 35.3. The van der Waals surface area contributed by atoms with Gasteiger partial charge in [-0.3, -0.25) is 0 Å². The zero-order chi connectivity index (χ0) is 15.3. The van der Waals surface area contributed by atoms with Crippen molar-refractivity contribution in [1.29, 1.82) is 0 Å². The molecule has 0 atom stereocenters. The van der Waals surface area contributed by atoms with Gasteiger partial charge in [0.05, 0.1) is 12.7 Å². The normalized spacial score (nSPS) is 16.0. The predicted molar refractivity (Wildman–Crippen MR) is 83.7 cm³/mol. The van der Waals surface area contributed by atoms with Crippen molar-refractivity contribution in [2.75, 3.05) is 6.54 Å². The third-order valence-electron chi connectivity index (χ3n) is 3.78. The van der Waals surface area contributed by atoms with Gasteiger partial charge >= 0.3 is 0 Å². The summed E-state index contributed by atoms with van der Waals surface area (Å²) in [7, 11) is -3.66. The standard InChI is InChI=1S/C14H12BrN3O3S/c15-12-8-16-13-9-17(5-6-18(12)13)22(19,20)14-7-10-3-1-2-4-11(10)21-14/h1-4,7-8H,5-6,9H2. The summed E-state index contributed by atoms with van der Waals surface area (Å²) in [5, 5.41) is 0.759. The van der Waals surface area contributed by atoms with E-state index >= 15 is 0 Å². The van der Waals surface area contributed by atoms with Gasteiger partial charge in [0.2, 0.25) is 5.09 Å². The average Bonchev–Trinajstić information content (AvgIpc) is 3.11. The van der Waals surface area contributed by atoms with Gasteiger partial charge < -0.3 is 8.98 Å². The molecule has 3 aromatic rings. The summed E-state index contributed by atoms with van der Waals surface area (Å²) in [6, 6.07) is 8.83. The van der Waals surface area contributed by atoms with E-state index in [1.165, 1.54) is 4.31 Å². The third kappa shape index (κ3) is 2.10. The Hall–Kier alpha value is -1.64. The Labute approximate surface area is 135 Å². The van der Waals surface area contributed by atoms with Crippen LogP contribution in [0.15, 0.2) is 50.6 Å². The minimum absolute atomic E-state index is 0.0206. The highest BCUT2D eigenvalue weighted by atomic mass is 79.9. The Bertz CT molecular complexity index is 928. The van der Waals surface area contributed by atoms with Crippen molar-refractivity contribution in [3.8, 4) is 0 Å². The topological polar surface area (TPSA) is 68.3 Å². The maximum absolute atomic E-state index is 12.8. The minimum Gasteiger partial charge on any atom is -0.443 e. The average molecular weight is 382 g/mol. The number of furan rings is 1. The molecule has 0 fully saturated rings. The number of imidazole rings is 1. The van der Waals surface area contributed by atoms with E-state index in [9.17, 15) is 8.42 Å². The number of sulfonamides is 1. The fraction of sp³-hybridized carbons (Fsp3) is 0.214. The maximum Gasteiger partial charge on any atom is 0.276 e. The molecule has 1 aliphatic rings. The van der Waals surface area contributed by atoms with E-state index in [1.54, 1.807) is 18.3 Å². The van der Waals surface area contributed by atoms with Crippen molar-refractivity contribution in [2.24, 2.45) is 0 Å². The summed E-state index contributed by atoms with van der Waals surface area (Å²) in [5.41, 5.74) is 0.572. The van der Waals surface area contributed by atoms with Crippen LogP contribution in [-0.4, -0.2) is 28.8 Å². The van der Waals surface area contributed by atoms with E-state index in [2.05, 4.69) is 20.9 Å². The molecule has 0 radical (unpaired) electrons. The smallest absolute Gasteiger partial charge is 0.276 e. The second-order valence-electron chi connectivity index (χ2n) is 5.09. The van der Waals surface area contributed by atoms with Gasteiger partial charge in [-0.1, -0.05) is 18.2 Å². The largest absolute Gasteiger partial charge is 0.443 e. The molecule has 0 amide bonds. The van der Waals surface area contributed by atoms with Crippen LogP contribution < -0.4 is 0 Å². The molecule has 0 spiro atoms. The summed E-state index contributed by atoms with van der Waals surface area (Å²) in [4.78, 5) is 4.24. The Kier molecular flexibility index (Phi) is 3.14. The van der Waals surface area contributed by atoms with Crippen molar-refractivity contribution in [1.82, 2.24) is 13.9 Å². The lowest BCUT2D eigenvalue weighted by atomic mass is 10.3. The predicted octanol–water partition coefficient (Wildman–Crippen LogP) is 2.60. The molecule has 3 heterocycles. The molecule has 0 saturated heterocycles. The second kappa shape index (κ2) is 4.94. The van der Waals surface area contributed by atoms with Crippen molar-refractivity contribution in [2.45, 2.75) is 18.2 Å². The molecule has 22 heavy (non-hydrogen) atoms. The van der Waals surface area contributed by atoms with Gasteiger partial charge in [0.15, 0.2) is 0 Å². The lowest BCUT2D eigenvalue weighted by molar-refractivity contribution is 0.323. The van der Waals surface area contributed by atoms with E-state index in [0.717, 1.165) is 15.8 Å². The number of halogens is 1. The van der Waals surface area contributed by atoms with Crippen LogP contribution in [-0.2, 0) is 23.1 Å². The Morgan fingerprint density at radius 1 is 1.23 bits per heavy atom. The van der Waals surface area contributed by atoms with Gasteiger partial charge in [-0.25, -0.2) is 13.4 Å². The first-order valence-electron chi connectivity index (χ1n) is 6.74. The van der Waals surface area contributed by atoms with Gasteiger partial charge in [0.25, 0.3) is 10.0 Å². The van der Waals surface area contributed by atoms with E-state index < -0.39 is 10.0 Å². The zero-order valence-corrected chi connectivity index (χ0v) is 13.8. The first-order valence-corrected chi connectivity index (χ1v) is 8.97. The summed E-state index contributed by atoms with van der Waals surface area (Å²) in [6.45, 7) is 1.20. The Balaban J connectivity index is 1.72. The highest BCUT2D eigenvalue weighted by Gasteiger charge is 2.32. The first-order chi connectivity index (χ1) is 10.6. The molecule has 6 nitrogen and oxygen atoms in total. The molecule has 114 valence electrons. The summed E-state index contributed by atoms with van der Waals surface area (Å²) >= 11 is 3.40. The van der Waals surface area contributed by atoms with Crippen LogP contribution in [0.1, 0.15) is 5.82 Å². The van der Waals surface area contributed by atoms with Crippen molar-refractivity contribution >= 4 is 36.9 Å². The van der Waals surface area contributed by atoms with Crippen molar-refractivity contribution in [3.05, 3.63) is 47.0 Å². The van der Waals surface area contributed by atoms with Crippen LogP contribution >= 0.6 is 15.9 Å². The van der Waals surface area contributed by atoms with Crippen LogP contribution in [0.25, 0.3) is 11.0 Å². The molecular weight excluding hydrogens is 370 g/mol. The molecule has 0 saturated carbocycles. The third-order valence-corrected chi connectivity index (χ3v) is 6.11. The van der Waals surface area contributed by atoms with E-state index in [-0.39, 0.29) is 11.6 Å². The monoisotopic (exact) mass is 381 g/mol. The van der Waals surface area contributed by atoms with Gasteiger partial charge in [-0.15, -0.1) is 0 Å². The van der Waals surface area contributed by atoms with Gasteiger partial charge in [-0.05, 0) is 22.0 Å². The molecule has 2 aromatic heterocycles. The van der Waals surface area contributed by atoms with Crippen LogP contribution in [0.2, 0.25) is 0 Å². The SMILES string of the molecule is O=S(=O)(c1cc2ccccc2o1)N1CCn2c(Br)cnc2C1. The van der Waals surface area contributed by atoms with Crippen LogP contribution in [0.3, 0.4) is 0 Å². The number of rotatable bonds is 2. The molecular formula is C14H12BrN3O3S. The van der Waals surface area contributed by atoms with Crippen molar-refractivity contribution in [3.63, 3.8) is 0 Å². The quantitative estimate of drug-likeness (QED) is 0.683. The lowest BCUT2D eigenvalue weighted by Crippen LogP contribution is -2.38. The molecule has 4 rings (SSSR count). The minimum atomic E-state index is -3.66. The molecule has 0 aliphatic carbocycles. The van der Waals surface area contributed by atoms with E-state index in [0.29, 0.717) is 18.7 Å². The summed E-state index contributed by atoms with van der Waals surface area (Å²) in [6.07, 6.45) is 1.69. The van der Waals surface area contributed by atoms with Crippen LogP contribution in [0.4, 0.5) is 0 Å². The summed E-state index contributed by atoms with van der Waals surface area (Å²) in [5.74, 6) is 0.720. The molecule has 0 unspecified atom stereocenters. The number of nitrogens with zero attached hydrogens (tertiary/aromatic N) is 3. The Morgan fingerprint density at radius 3 is 2.86 bits per heavy atom. The maximum atomic E-state index is 12.8. The highest BCUT2D eigenvalue weighted by Crippen LogP contribution is 2.28. The first kappa shape index (κ1) is 14.0. The van der Waals surface area contributed by atoms with E-state index in [1.807, 2.05) is 22.8 Å². The van der Waals surface area contributed by atoms with Crippen LogP contribution in [0.5, 0.6) is 0 Å². The Morgan fingerprint density at radius 2 is 2.05 bits per heavy atom. The number of para-hydroxylation sites is 1. The fourth-order valence-corrected chi connectivity index (χ4v) is 4.44. The lowest BCUT2D eigenvalue weighted by Gasteiger charge is -2.26. The molecule has 1 aliphatic heterocycles. The van der Waals surface area contributed by atoms with Crippen molar-refractivity contribution < 1.29 is 12.8 Å². The number of hydrogen-bond acceptors (Lipinski definition) is 4. The zero-order valence-electron chi connectivity index (χ0n) is 11.4. The van der Waals surface area contributed by atoms with Gasteiger partial charge in [0, 0.05) is 24.5 Å². The molecule has 0 N–H and O–H groups in total. The van der Waals surface area contributed by atoms with E-state index in [4.69, 9.17) is 4.42 Å². The molecule has 0 bridgehead atoms. The van der Waals surface area contributed by atoms with Gasteiger partial charge in [-0.2, -0.15) is 4.31 Å². The van der Waals surface area contributed by atoms with Crippen LogP contribution in [0, 0.1) is 0 Å². The van der Waals surface area contributed by atoms with Gasteiger partial charge in [0.1, 0.15) is 16.0 Å². The number of hydrogen-bond donors (Lipinski definition) is 0. The molecule has 8 heteroatoms. The second-order valence-corrected chi connectivity index (χ2v) is 7.77. The fourth-order valence-electron chi connectivity index (χ4n) is 2.62. The number of benzene rings is 1. The number of aromatic nitrogens is 2. The highest BCUT2D eigenvalue weighted by molar-refractivity contribution is 9.10. The number of fused-ring (bicyclic) bond motifs is 2. The molecule has 1 aromatic carbocycles.